The van der Waals surface area contributed by atoms with Crippen molar-refractivity contribution < 1.29 is 4.74 Å². The highest BCUT2D eigenvalue weighted by Gasteiger charge is 2.46. The zero-order valence-corrected chi connectivity index (χ0v) is 8.00. The van der Waals surface area contributed by atoms with Crippen LogP contribution in [0.15, 0.2) is 6.33 Å². The first kappa shape index (κ1) is 7.84. The van der Waals surface area contributed by atoms with E-state index in [4.69, 9.17) is 4.74 Å². The number of hydrogen-bond acceptors (Lipinski definition) is 5. The molecule has 0 unspecified atom stereocenters. The van der Waals surface area contributed by atoms with Gasteiger partial charge >= 0.3 is 0 Å². The summed E-state index contributed by atoms with van der Waals surface area (Å²) in [6.07, 6.45) is 3.95. The van der Waals surface area contributed by atoms with Crippen LogP contribution in [-0.4, -0.2) is 29.2 Å². The van der Waals surface area contributed by atoms with Gasteiger partial charge in [0.05, 0.1) is 12.6 Å². The van der Waals surface area contributed by atoms with E-state index in [0.29, 0.717) is 5.88 Å². The van der Waals surface area contributed by atoms with Gasteiger partial charge in [0.2, 0.25) is 5.88 Å². The molecule has 0 amide bonds. The Hall–Kier alpha value is -1.52. The van der Waals surface area contributed by atoms with Gasteiger partial charge in [-0.3, -0.25) is 0 Å². The van der Waals surface area contributed by atoms with E-state index in [1.54, 1.807) is 7.11 Å². The van der Waals surface area contributed by atoms with Crippen LogP contribution in [0.5, 0.6) is 5.88 Å². The SMILES string of the molecule is COc1ncnc2c1NCC1(CC1)N2. The van der Waals surface area contributed by atoms with Gasteiger partial charge < -0.3 is 15.4 Å². The van der Waals surface area contributed by atoms with Gasteiger partial charge in [0, 0.05) is 6.54 Å². The molecule has 2 aliphatic rings. The van der Waals surface area contributed by atoms with Crippen LogP contribution in [0.3, 0.4) is 0 Å². The summed E-state index contributed by atoms with van der Waals surface area (Å²) in [6, 6.07) is 0. The molecule has 0 saturated heterocycles. The van der Waals surface area contributed by atoms with Crippen LogP contribution < -0.4 is 15.4 Å². The van der Waals surface area contributed by atoms with E-state index in [2.05, 4.69) is 20.6 Å². The van der Waals surface area contributed by atoms with Gasteiger partial charge in [-0.25, -0.2) is 4.98 Å². The Labute approximate surface area is 81.9 Å². The number of fused-ring (bicyclic) bond motifs is 1. The Morgan fingerprint density at radius 2 is 2.29 bits per heavy atom. The molecule has 5 heteroatoms. The molecule has 0 bridgehead atoms. The molecule has 0 atom stereocenters. The summed E-state index contributed by atoms with van der Waals surface area (Å²) >= 11 is 0. The molecule has 1 fully saturated rings. The molecule has 1 aliphatic heterocycles. The second-order valence-electron chi connectivity index (χ2n) is 3.87. The molecule has 74 valence electrons. The molecule has 2 heterocycles. The van der Waals surface area contributed by atoms with E-state index in [9.17, 15) is 0 Å². The predicted octanol–water partition coefficient (Wildman–Crippen LogP) is 0.855. The highest BCUT2D eigenvalue weighted by Crippen LogP contribution is 2.44. The first-order valence-corrected chi connectivity index (χ1v) is 4.74. The van der Waals surface area contributed by atoms with Crippen molar-refractivity contribution in [3.8, 4) is 5.88 Å². The molecular formula is C9H12N4O. The smallest absolute Gasteiger partial charge is 0.242 e. The van der Waals surface area contributed by atoms with Crippen LogP contribution in [0.25, 0.3) is 0 Å². The lowest BCUT2D eigenvalue weighted by atomic mass is 10.2. The Bertz CT molecular complexity index is 375. The largest absolute Gasteiger partial charge is 0.479 e. The fourth-order valence-corrected chi connectivity index (χ4v) is 1.78. The molecule has 1 saturated carbocycles. The highest BCUT2D eigenvalue weighted by molar-refractivity contribution is 5.73. The van der Waals surface area contributed by atoms with Crippen molar-refractivity contribution in [3.05, 3.63) is 6.33 Å². The van der Waals surface area contributed by atoms with Gasteiger partial charge in [-0.15, -0.1) is 0 Å². The standard InChI is InChI=1S/C9H12N4O/c1-14-8-6-7(11-5-12-8)13-9(2-3-9)4-10-6/h5,10H,2-4H2,1H3,(H,11,12,13). The Morgan fingerprint density at radius 3 is 3.00 bits per heavy atom. The average Bonchev–Trinajstić information content (AvgIpc) is 2.96. The average molecular weight is 192 g/mol. The Balaban J connectivity index is 2.01. The van der Waals surface area contributed by atoms with Crippen molar-refractivity contribution in [1.82, 2.24) is 9.97 Å². The van der Waals surface area contributed by atoms with Crippen LogP contribution in [0, 0.1) is 0 Å². The predicted molar refractivity (Wildman–Crippen MR) is 52.7 cm³/mol. The van der Waals surface area contributed by atoms with Crippen molar-refractivity contribution in [3.63, 3.8) is 0 Å². The molecule has 1 spiro atoms. The lowest BCUT2D eigenvalue weighted by Gasteiger charge is -2.27. The number of ether oxygens (including phenoxy) is 1. The van der Waals surface area contributed by atoms with Crippen molar-refractivity contribution >= 4 is 11.5 Å². The first-order chi connectivity index (χ1) is 6.83. The summed E-state index contributed by atoms with van der Waals surface area (Å²) in [4.78, 5) is 8.24. The molecule has 5 nitrogen and oxygen atoms in total. The number of rotatable bonds is 1. The molecular weight excluding hydrogens is 180 g/mol. The second kappa shape index (κ2) is 2.50. The molecule has 1 aliphatic carbocycles. The van der Waals surface area contributed by atoms with Crippen LogP contribution in [-0.2, 0) is 0 Å². The number of hydrogen-bond donors (Lipinski definition) is 2. The minimum atomic E-state index is 0.256. The summed E-state index contributed by atoms with van der Waals surface area (Å²) in [5.74, 6) is 1.47. The summed E-state index contributed by atoms with van der Waals surface area (Å²) in [7, 11) is 1.62. The van der Waals surface area contributed by atoms with Crippen LogP contribution in [0.2, 0.25) is 0 Å². The van der Waals surface area contributed by atoms with E-state index in [-0.39, 0.29) is 5.54 Å². The Morgan fingerprint density at radius 1 is 1.43 bits per heavy atom. The number of aromatic nitrogens is 2. The van der Waals surface area contributed by atoms with Gasteiger partial charge in [0.1, 0.15) is 12.0 Å². The van der Waals surface area contributed by atoms with E-state index in [1.807, 2.05) is 0 Å². The van der Waals surface area contributed by atoms with E-state index in [1.165, 1.54) is 19.2 Å². The summed E-state index contributed by atoms with van der Waals surface area (Å²) in [5.41, 5.74) is 1.14. The fourth-order valence-electron chi connectivity index (χ4n) is 1.78. The quantitative estimate of drug-likeness (QED) is 0.691. The number of methoxy groups -OCH3 is 1. The summed E-state index contributed by atoms with van der Waals surface area (Å²) < 4.78 is 5.15. The third-order valence-electron chi connectivity index (χ3n) is 2.85. The monoisotopic (exact) mass is 192 g/mol. The summed E-state index contributed by atoms with van der Waals surface area (Å²) in [6.45, 7) is 0.934. The van der Waals surface area contributed by atoms with Gasteiger partial charge in [-0.2, -0.15) is 4.98 Å². The maximum Gasteiger partial charge on any atom is 0.242 e. The molecule has 0 radical (unpaired) electrons. The lowest BCUT2D eigenvalue weighted by molar-refractivity contribution is 0.398. The van der Waals surface area contributed by atoms with E-state index in [0.717, 1.165) is 18.1 Å². The molecule has 1 aromatic rings. The molecule has 14 heavy (non-hydrogen) atoms. The van der Waals surface area contributed by atoms with Crippen molar-refractivity contribution in [2.45, 2.75) is 18.4 Å². The van der Waals surface area contributed by atoms with Crippen molar-refractivity contribution in [2.75, 3.05) is 24.3 Å². The van der Waals surface area contributed by atoms with Crippen LogP contribution >= 0.6 is 0 Å². The van der Waals surface area contributed by atoms with E-state index < -0.39 is 0 Å². The first-order valence-electron chi connectivity index (χ1n) is 4.74. The molecule has 3 rings (SSSR count). The van der Waals surface area contributed by atoms with Gasteiger partial charge in [0.15, 0.2) is 5.82 Å². The molecule has 2 N–H and O–H groups in total. The maximum atomic E-state index is 5.15. The third-order valence-corrected chi connectivity index (χ3v) is 2.85. The molecule has 1 aromatic heterocycles. The fraction of sp³-hybridized carbons (Fsp3) is 0.556. The van der Waals surface area contributed by atoms with Crippen LogP contribution in [0.1, 0.15) is 12.8 Å². The lowest BCUT2D eigenvalue weighted by Crippen LogP contribution is -2.35. The Kier molecular flexibility index (Phi) is 1.40. The second-order valence-corrected chi connectivity index (χ2v) is 3.87. The van der Waals surface area contributed by atoms with Gasteiger partial charge in [0.25, 0.3) is 0 Å². The minimum Gasteiger partial charge on any atom is -0.479 e. The van der Waals surface area contributed by atoms with Crippen molar-refractivity contribution in [1.29, 1.82) is 0 Å². The summed E-state index contributed by atoms with van der Waals surface area (Å²) in [5, 5.41) is 6.75. The normalized spacial score (nSPS) is 20.6. The third kappa shape index (κ3) is 1.01. The molecule has 0 aromatic carbocycles. The van der Waals surface area contributed by atoms with E-state index >= 15 is 0 Å². The van der Waals surface area contributed by atoms with Gasteiger partial charge in [-0.1, -0.05) is 0 Å². The number of nitrogens with one attached hydrogen (secondary N) is 2. The minimum absolute atomic E-state index is 0.256. The topological polar surface area (TPSA) is 59.1 Å². The zero-order valence-electron chi connectivity index (χ0n) is 8.00. The number of anilines is 2. The zero-order chi connectivity index (χ0) is 9.60. The highest BCUT2D eigenvalue weighted by atomic mass is 16.5. The van der Waals surface area contributed by atoms with Crippen molar-refractivity contribution in [2.24, 2.45) is 0 Å². The maximum absolute atomic E-state index is 5.15. The number of nitrogens with zero attached hydrogens (tertiary/aromatic N) is 2. The van der Waals surface area contributed by atoms with Crippen LogP contribution in [0.4, 0.5) is 11.5 Å². The van der Waals surface area contributed by atoms with Gasteiger partial charge in [-0.05, 0) is 12.8 Å².